The molecule has 0 radical (unpaired) electrons. The fraction of sp³-hybridized carbons (Fsp3) is 0.652. The van der Waals surface area contributed by atoms with Gasteiger partial charge in [-0.3, -0.25) is 19.2 Å². The summed E-state index contributed by atoms with van der Waals surface area (Å²) >= 11 is 0. The van der Waals surface area contributed by atoms with Crippen molar-refractivity contribution >= 4 is 27.8 Å². The van der Waals surface area contributed by atoms with E-state index in [2.05, 4.69) is 11.8 Å². The fourth-order valence-electron chi connectivity index (χ4n) is 5.83. The molecule has 0 aliphatic carbocycles. The van der Waals surface area contributed by atoms with Gasteiger partial charge in [-0.15, -0.1) is 0 Å². The molecular weight excluding hydrogens is 464 g/mol. The van der Waals surface area contributed by atoms with E-state index in [-0.39, 0.29) is 41.8 Å². The van der Waals surface area contributed by atoms with Gasteiger partial charge < -0.3 is 18.8 Å². The first kappa shape index (κ1) is 25.1. The molecule has 3 aliphatic rings. The van der Waals surface area contributed by atoms with Crippen LogP contribution in [0.5, 0.6) is 5.75 Å². The van der Waals surface area contributed by atoms with Crippen LogP contribution in [0.1, 0.15) is 44.6 Å². The van der Waals surface area contributed by atoms with Gasteiger partial charge in [0.15, 0.2) is 5.75 Å². The summed E-state index contributed by atoms with van der Waals surface area (Å²) in [6.07, 6.45) is 2.64. The number of carbonyl (C=O) groups excluding carboxylic acids is 1. The number of carbonyl (C=O) groups is 1. The van der Waals surface area contributed by atoms with Crippen LogP contribution in [0.4, 0.5) is 5.69 Å². The normalized spacial score (nSPS) is 29.4. The Morgan fingerprint density at radius 2 is 2.09 bits per heavy atom. The van der Waals surface area contributed by atoms with Crippen molar-refractivity contribution in [1.82, 2.24) is 4.90 Å². The van der Waals surface area contributed by atoms with Crippen LogP contribution in [-0.2, 0) is 30.3 Å². The second-order valence-corrected chi connectivity index (χ2v) is 10.3. The van der Waals surface area contributed by atoms with E-state index in [1.807, 2.05) is 0 Å². The smallest absolute Gasteiger partial charge is 0.446 e. The van der Waals surface area contributed by atoms with Crippen LogP contribution in [0, 0.1) is 11.8 Å². The molecule has 4 rings (SSSR count). The third kappa shape index (κ3) is 4.72. The lowest BCUT2D eigenvalue weighted by molar-refractivity contribution is -0.143. The minimum Gasteiger partial charge on any atom is -0.469 e. The van der Waals surface area contributed by atoms with E-state index in [0.717, 1.165) is 19.4 Å². The summed E-state index contributed by atoms with van der Waals surface area (Å²) in [6, 6.07) is 4.54. The van der Waals surface area contributed by atoms with E-state index < -0.39 is 16.0 Å². The monoisotopic (exact) mass is 496 g/mol. The van der Waals surface area contributed by atoms with E-state index in [1.54, 1.807) is 19.2 Å². The van der Waals surface area contributed by atoms with Gasteiger partial charge >= 0.3 is 16.4 Å². The Morgan fingerprint density at radius 3 is 2.74 bits per heavy atom. The van der Waals surface area contributed by atoms with Crippen LogP contribution >= 0.6 is 0 Å². The van der Waals surface area contributed by atoms with Gasteiger partial charge in [0.05, 0.1) is 42.6 Å². The Hall–Kier alpha value is -2.05. The van der Waals surface area contributed by atoms with Gasteiger partial charge in [0.1, 0.15) is 5.60 Å². The van der Waals surface area contributed by atoms with E-state index in [4.69, 9.17) is 18.6 Å². The van der Waals surface area contributed by atoms with E-state index in [0.29, 0.717) is 36.7 Å². The molecular formula is C23H32N2O8S. The summed E-state index contributed by atoms with van der Waals surface area (Å²) in [6.45, 7) is 3.60. The van der Waals surface area contributed by atoms with Crippen LogP contribution in [0.25, 0.3) is 0 Å². The predicted molar refractivity (Wildman–Crippen MR) is 124 cm³/mol. The molecule has 5 atom stereocenters. The Labute approximate surface area is 199 Å². The molecule has 188 valence electrons. The predicted octanol–water partition coefficient (Wildman–Crippen LogP) is 2.23. The van der Waals surface area contributed by atoms with Gasteiger partial charge in [-0.25, -0.2) is 0 Å². The number of rotatable bonds is 8. The zero-order valence-corrected chi connectivity index (χ0v) is 20.5. The molecule has 10 nitrogen and oxygen atoms in total. The fourth-order valence-corrected chi connectivity index (χ4v) is 6.19. The quantitative estimate of drug-likeness (QED) is 0.410. The summed E-state index contributed by atoms with van der Waals surface area (Å²) < 4.78 is 47.2. The number of aliphatic imine (C=N–C) groups is 1. The Balaban J connectivity index is 1.62. The number of esters is 1. The van der Waals surface area contributed by atoms with Crippen molar-refractivity contribution in [1.29, 1.82) is 0 Å². The first-order chi connectivity index (χ1) is 16.1. The first-order valence-electron chi connectivity index (χ1n) is 11.5. The highest BCUT2D eigenvalue weighted by molar-refractivity contribution is 7.81. The highest BCUT2D eigenvalue weighted by atomic mass is 32.3. The lowest BCUT2D eigenvalue weighted by Crippen LogP contribution is -2.60. The van der Waals surface area contributed by atoms with Crippen LogP contribution in [0.2, 0.25) is 0 Å². The Morgan fingerprint density at radius 1 is 1.32 bits per heavy atom. The average Bonchev–Trinajstić information content (AvgIpc) is 3.10. The average molecular weight is 497 g/mol. The van der Waals surface area contributed by atoms with Gasteiger partial charge in [-0.05, 0) is 43.2 Å². The lowest BCUT2D eigenvalue weighted by atomic mass is 9.70. The van der Waals surface area contributed by atoms with Crippen LogP contribution in [0.15, 0.2) is 23.2 Å². The summed E-state index contributed by atoms with van der Waals surface area (Å²) in [5, 5.41) is 11.8. The highest BCUT2D eigenvalue weighted by Gasteiger charge is 2.54. The van der Waals surface area contributed by atoms with E-state index in [1.165, 1.54) is 13.2 Å². The topological polar surface area (TPSA) is 135 Å². The number of methoxy groups -OCH3 is 2. The number of piperidine rings is 2. The van der Waals surface area contributed by atoms with Crippen LogP contribution in [-0.4, -0.2) is 74.1 Å². The zero-order valence-electron chi connectivity index (χ0n) is 19.6. The van der Waals surface area contributed by atoms with Crippen LogP contribution in [0.3, 0.4) is 0 Å². The SMILES string of the molecule is CC[C@@H]1CN2CC[C@@]3(O)C(=Nc4cccc(OS(=O)(=O)O)c43)[C@@H]2C[C@@H]1CC(CC(=O)OC)OC. The maximum absolute atomic E-state index is 11.8. The number of nitrogens with zero attached hydrogens (tertiary/aromatic N) is 2. The minimum atomic E-state index is -4.76. The standard InChI is InChI=1S/C23H32N2O8S/c1-4-14-13-25-9-8-23(27)21-17(6-5-7-19(21)33-34(28,29)30)24-22(23)18(25)11-15(14)10-16(31-2)12-20(26)32-3/h5-7,14-16,18,27H,4,8-13H2,1-3H3,(H,28,29,30)/t14-,15+,16?,18+,23+/m1/s1. The molecule has 0 saturated carbocycles. The molecule has 34 heavy (non-hydrogen) atoms. The molecule has 11 heteroatoms. The third-order valence-electron chi connectivity index (χ3n) is 7.50. The number of benzene rings is 1. The maximum Gasteiger partial charge on any atom is 0.446 e. The molecule has 2 N–H and O–H groups in total. The Kier molecular flexibility index (Phi) is 7.03. The van der Waals surface area contributed by atoms with Crippen molar-refractivity contribution in [2.45, 2.75) is 56.8 Å². The van der Waals surface area contributed by atoms with Crippen LogP contribution < -0.4 is 4.18 Å². The number of fused-ring (bicyclic) bond motifs is 5. The highest BCUT2D eigenvalue weighted by Crippen LogP contribution is 2.51. The molecule has 3 heterocycles. The van der Waals surface area contributed by atoms with Gasteiger partial charge in [0.2, 0.25) is 0 Å². The molecule has 3 aliphatic heterocycles. The van der Waals surface area contributed by atoms with Crippen molar-refractivity contribution in [3.8, 4) is 5.75 Å². The van der Waals surface area contributed by atoms with Gasteiger partial charge in [0, 0.05) is 20.2 Å². The van der Waals surface area contributed by atoms with Crippen molar-refractivity contribution in [3.63, 3.8) is 0 Å². The van der Waals surface area contributed by atoms with Crippen molar-refractivity contribution in [2.24, 2.45) is 16.8 Å². The minimum absolute atomic E-state index is 0.119. The lowest BCUT2D eigenvalue weighted by Gasteiger charge is -2.50. The van der Waals surface area contributed by atoms with Crippen molar-refractivity contribution < 1.29 is 36.5 Å². The summed E-state index contributed by atoms with van der Waals surface area (Å²) in [5.74, 6) is 0.209. The summed E-state index contributed by atoms with van der Waals surface area (Å²) in [7, 11) is -1.80. The number of ether oxygens (including phenoxy) is 2. The van der Waals surface area contributed by atoms with Gasteiger partial charge in [0.25, 0.3) is 0 Å². The molecule has 0 aromatic heterocycles. The van der Waals surface area contributed by atoms with E-state index >= 15 is 0 Å². The molecule has 1 aromatic rings. The first-order valence-corrected chi connectivity index (χ1v) is 12.9. The second-order valence-electron chi connectivity index (χ2n) is 9.32. The molecule has 2 saturated heterocycles. The third-order valence-corrected chi connectivity index (χ3v) is 7.89. The maximum atomic E-state index is 11.8. The van der Waals surface area contributed by atoms with Crippen molar-refractivity contribution in [2.75, 3.05) is 27.3 Å². The molecule has 0 bridgehead atoms. The number of hydrogen-bond donors (Lipinski definition) is 2. The van der Waals surface area contributed by atoms with E-state index in [9.17, 15) is 22.9 Å². The zero-order chi connectivity index (χ0) is 24.7. The van der Waals surface area contributed by atoms with Gasteiger partial charge in [-0.1, -0.05) is 19.4 Å². The molecule has 1 aromatic carbocycles. The molecule has 1 unspecified atom stereocenters. The number of hydrogen-bond acceptors (Lipinski definition) is 9. The second kappa shape index (κ2) is 9.54. The van der Waals surface area contributed by atoms with Crippen molar-refractivity contribution in [3.05, 3.63) is 23.8 Å². The summed E-state index contributed by atoms with van der Waals surface area (Å²) in [5.41, 5.74) is -0.192. The number of aliphatic hydroxyl groups is 1. The Bertz CT molecular complexity index is 1070. The molecule has 0 spiro atoms. The molecule has 2 fully saturated rings. The van der Waals surface area contributed by atoms with Gasteiger partial charge in [-0.2, -0.15) is 8.42 Å². The molecule has 0 amide bonds. The largest absolute Gasteiger partial charge is 0.469 e. The summed E-state index contributed by atoms with van der Waals surface area (Å²) in [4.78, 5) is 18.9.